The molecular weight excluding hydrogens is 276 g/mol. The van der Waals surface area contributed by atoms with Crippen molar-refractivity contribution >= 4 is 10.4 Å². The molecule has 1 N–H and O–H groups in total. The summed E-state index contributed by atoms with van der Waals surface area (Å²) < 4.78 is 33.3. The fourth-order valence-electron chi connectivity index (χ4n) is 1.60. The Morgan fingerprint density at radius 1 is 0.950 bits per heavy atom. The average Bonchev–Trinajstić information content (AvgIpc) is 2.26. The Kier molecular flexibility index (Phi) is 9.46. The second-order valence-electron chi connectivity index (χ2n) is 5.17. The standard InChI is InChI=1S/C15H26O4S/c1-13(2)7-5-8-14(3)9-6-10-15(4)11-12-19-20(16,17)18/h7,9,11H,5-6,8,10,12H2,1-4H3,(H,16,17,18). The van der Waals surface area contributed by atoms with E-state index >= 15 is 0 Å². The van der Waals surface area contributed by atoms with E-state index in [2.05, 4.69) is 37.1 Å². The van der Waals surface area contributed by atoms with Gasteiger partial charge in [-0.25, -0.2) is 4.18 Å². The minimum absolute atomic E-state index is 0.117. The van der Waals surface area contributed by atoms with E-state index in [0.717, 1.165) is 31.3 Å². The summed E-state index contributed by atoms with van der Waals surface area (Å²) in [6, 6.07) is 0. The van der Waals surface area contributed by atoms with Crippen LogP contribution in [0.5, 0.6) is 0 Å². The van der Waals surface area contributed by atoms with Crippen LogP contribution in [0.25, 0.3) is 0 Å². The molecule has 0 saturated heterocycles. The molecule has 0 aliphatic rings. The van der Waals surface area contributed by atoms with Gasteiger partial charge in [0.15, 0.2) is 0 Å². The van der Waals surface area contributed by atoms with Gasteiger partial charge in [-0.15, -0.1) is 0 Å². The van der Waals surface area contributed by atoms with Crippen LogP contribution < -0.4 is 0 Å². The Balaban J connectivity index is 3.97. The Morgan fingerprint density at radius 3 is 1.95 bits per heavy atom. The zero-order valence-electron chi connectivity index (χ0n) is 12.8. The molecule has 0 aromatic rings. The summed E-state index contributed by atoms with van der Waals surface area (Å²) in [5.41, 5.74) is 3.75. The van der Waals surface area contributed by atoms with Crippen LogP contribution >= 0.6 is 0 Å². The molecule has 0 spiro atoms. The van der Waals surface area contributed by atoms with Crippen LogP contribution in [0.1, 0.15) is 53.4 Å². The minimum atomic E-state index is -4.33. The van der Waals surface area contributed by atoms with Gasteiger partial charge in [-0.3, -0.25) is 4.55 Å². The first kappa shape index (κ1) is 19.1. The van der Waals surface area contributed by atoms with Gasteiger partial charge in [-0.2, -0.15) is 8.42 Å². The highest BCUT2D eigenvalue weighted by Crippen LogP contribution is 2.11. The molecule has 116 valence electrons. The zero-order valence-corrected chi connectivity index (χ0v) is 13.7. The van der Waals surface area contributed by atoms with Crippen molar-refractivity contribution in [3.05, 3.63) is 34.9 Å². The van der Waals surface area contributed by atoms with Crippen molar-refractivity contribution in [1.29, 1.82) is 0 Å². The molecule has 0 bridgehead atoms. The molecule has 0 aliphatic carbocycles. The van der Waals surface area contributed by atoms with Crippen molar-refractivity contribution in [2.24, 2.45) is 0 Å². The maximum Gasteiger partial charge on any atom is 0.397 e. The van der Waals surface area contributed by atoms with Crippen LogP contribution in [0.3, 0.4) is 0 Å². The quantitative estimate of drug-likeness (QED) is 0.511. The second-order valence-corrected chi connectivity index (χ2v) is 6.26. The Bertz CT molecular complexity index is 466. The third-order valence-electron chi connectivity index (χ3n) is 2.77. The molecule has 0 amide bonds. The third-order valence-corrected chi connectivity index (χ3v) is 3.21. The lowest BCUT2D eigenvalue weighted by molar-refractivity contribution is 0.296. The smallest absolute Gasteiger partial charge is 0.264 e. The van der Waals surface area contributed by atoms with Gasteiger partial charge < -0.3 is 0 Å². The van der Waals surface area contributed by atoms with Crippen LogP contribution in [-0.2, 0) is 14.6 Å². The van der Waals surface area contributed by atoms with E-state index in [-0.39, 0.29) is 6.61 Å². The van der Waals surface area contributed by atoms with Crippen LogP contribution in [0.15, 0.2) is 34.9 Å². The molecule has 0 radical (unpaired) electrons. The van der Waals surface area contributed by atoms with Gasteiger partial charge in [0.1, 0.15) is 0 Å². The molecule has 0 saturated carbocycles. The van der Waals surface area contributed by atoms with Gasteiger partial charge in [0.2, 0.25) is 0 Å². The van der Waals surface area contributed by atoms with Gasteiger partial charge in [0.05, 0.1) is 6.61 Å². The minimum Gasteiger partial charge on any atom is -0.264 e. The van der Waals surface area contributed by atoms with Gasteiger partial charge in [0.25, 0.3) is 0 Å². The molecule has 0 atom stereocenters. The highest BCUT2D eigenvalue weighted by Gasteiger charge is 2.01. The summed E-state index contributed by atoms with van der Waals surface area (Å²) in [4.78, 5) is 0. The maximum absolute atomic E-state index is 10.4. The van der Waals surface area contributed by atoms with E-state index in [4.69, 9.17) is 4.55 Å². The van der Waals surface area contributed by atoms with Crippen LogP contribution in [0, 0.1) is 0 Å². The van der Waals surface area contributed by atoms with E-state index in [1.807, 2.05) is 6.92 Å². The van der Waals surface area contributed by atoms with E-state index in [1.165, 1.54) is 11.1 Å². The lowest BCUT2D eigenvalue weighted by Gasteiger charge is -2.01. The maximum atomic E-state index is 10.4. The van der Waals surface area contributed by atoms with E-state index in [0.29, 0.717) is 0 Å². The monoisotopic (exact) mass is 302 g/mol. The predicted molar refractivity (Wildman–Crippen MR) is 82.9 cm³/mol. The van der Waals surface area contributed by atoms with E-state index < -0.39 is 10.4 Å². The highest BCUT2D eigenvalue weighted by molar-refractivity contribution is 7.80. The summed E-state index contributed by atoms with van der Waals surface area (Å²) in [6.07, 6.45) is 10.0. The van der Waals surface area contributed by atoms with Crippen molar-refractivity contribution in [2.75, 3.05) is 6.61 Å². The highest BCUT2D eigenvalue weighted by atomic mass is 32.3. The Morgan fingerprint density at radius 2 is 1.45 bits per heavy atom. The first-order chi connectivity index (χ1) is 9.20. The van der Waals surface area contributed by atoms with E-state index in [9.17, 15) is 8.42 Å². The van der Waals surface area contributed by atoms with Crippen LogP contribution in [0.4, 0.5) is 0 Å². The summed E-state index contributed by atoms with van der Waals surface area (Å²) in [5, 5.41) is 0. The van der Waals surface area contributed by atoms with Crippen molar-refractivity contribution in [3.63, 3.8) is 0 Å². The molecule has 0 fully saturated rings. The number of hydrogen-bond acceptors (Lipinski definition) is 3. The van der Waals surface area contributed by atoms with E-state index in [1.54, 1.807) is 6.08 Å². The van der Waals surface area contributed by atoms with Crippen LogP contribution in [0.2, 0.25) is 0 Å². The molecule has 0 aromatic carbocycles. The molecule has 0 rings (SSSR count). The topological polar surface area (TPSA) is 63.6 Å². The lowest BCUT2D eigenvalue weighted by atomic mass is 10.1. The van der Waals surface area contributed by atoms with Crippen LogP contribution in [-0.4, -0.2) is 19.6 Å². The van der Waals surface area contributed by atoms with Crippen molar-refractivity contribution in [3.8, 4) is 0 Å². The molecule has 5 heteroatoms. The molecule has 0 unspecified atom stereocenters. The molecule has 0 aromatic heterocycles. The fourth-order valence-corrected chi connectivity index (χ4v) is 1.84. The van der Waals surface area contributed by atoms with Crippen molar-refractivity contribution < 1.29 is 17.2 Å². The summed E-state index contributed by atoms with van der Waals surface area (Å²) in [5.74, 6) is 0. The summed E-state index contributed by atoms with van der Waals surface area (Å²) >= 11 is 0. The zero-order chi connectivity index (χ0) is 15.6. The first-order valence-electron chi connectivity index (χ1n) is 6.77. The van der Waals surface area contributed by atoms with Gasteiger partial charge in [-0.1, -0.05) is 34.9 Å². The SMILES string of the molecule is CC(C)=CCCC(C)=CCCC(C)=CCOS(=O)(=O)O. The summed E-state index contributed by atoms with van der Waals surface area (Å²) in [6.45, 7) is 8.12. The third kappa shape index (κ3) is 13.5. The average molecular weight is 302 g/mol. The Hall–Kier alpha value is -0.910. The van der Waals surface area contributed by atoms with Gasteiger partial charge in [0, 0.05) is 0 Å². The Labute approximate surface area is 123 Å². The molecule has 4 nitrogen and oxygen atoms in total. The lowest BCUT2D eigenvalue weighted by Crippen LogP contribution is -2.03. The van der Waals surface area contributed by atoms with Crippen molar-refractivity contribution in [2.45, 2.75) is 53.4 Å². The fraction of sp³-hybridized carbons (Fsp3) is 0.600. The summed E-state index contributed by atoms with van der Waals surface area (Å²) in [7, 11) is -4.33. The normalized spacial score (nSPS) is 13.4. The number of allylic oxidation sites excluding steroid dienone is 5. The van der Waals surface area contributed by atoms with Gasteiger partial charge >= 0.3 is 10.4 Å². The molecular formula is C15H26O4S. The van der Waals surface area contributed by atoms with Gasteiger partial charge in [-0.05, 0) is 53.4 Å². The largest absolute Gasteiger partial charge is 0.397 e. The number of rotatable bonds is 9. The van der Waals surface area contributed by atoms with Crippen molar-refractivity contribution in [1.82, 2.24) is 0 Å². The predicted octanol–water partition coefficient (Wildman–Crippen LogP) is 4.23. The second kappa shape index (κ2) is 9.91. The molecule has 20 heavy (non-hydrogen) atoms. The molecule has 0 aliphatic heterocycles. The first-order valence-corrected chi connectivity index (χ1v) is 8.13. The number of hydrogen-bond donors (Lipinski definition) is 1. The molecule has 0 heterocycles.